The van der Waals surface area contributed by atoms with Crippen LogP contribution in [-0.4, -0.2) is 44.1 Å². The molecule has 8 nitrogen and oxygen atoms in total. The lowest BCUT2D eigenvalue weighted by atomic mass is 9.96. The van der Waals surface area contributed by atoms with E-state index in [4.69, 9.17) is 0 Å². The number of rotatable bonds is 4. The molecule has 0 spiro atoms. The molecule has 9 heteroatoms. The fourth-order valence-electron chi connectivity index (χ4n) is 2.88. The highest BCUT2D eigenvalue weighted by molar-refractivity contribution is 7.18. The standard InChI is InChI=1S/C17H17N7OS/c25-14(12-4-9-24(10-5-12)16-19-7-2-8-20-16)21-17-23-22-15(26-17)13-3-1-6-18-11-13/h1-3,6-8,11-12H,4-5,9-10H2,(H,21,23,25). The van der Waals surface area contributed by atoms with Crippen LogP contribution in [0.2, 0.25) is 0 Å². The zero-order valence-electron chi connectivity index (χ0n) is 13.9. The molecule has 1 aliphatic heterocycles. The van der Waals surface area contributed by atoms with Crippen molar-refractivity contribution in [1.82, 2.24) is 25.1 Å². The Morgan fingerprint density at radius 1 is 1.12 bits per heavy atom. The van der Waals surface area contributed by atoms with Crippen LogP contribution in [0.1, 0.15) is 12.8 Å². The molecule has 3 aromatic heterocycles. The van der Waals surface area contributed by atoms with Crippen LogP contribution < -0.4 is 10.2 Å². The minimum absolute atomic E-state index is 0.00693. The highest BCUT2D eigenvalue weighted by atomic mass is 32.1. The second-order valence-electron chi connectivity index (χ2n) is 5.95. The third-order valence-corrected chi connectivity index (χ3v) is 5.15. The van der Waals surface area contributed by atoms with E-state index >= 15 is 0 Å². The summed E-state index contributed by atoms with van der Waals surface area (Å²) in [4.78, 5) is 27.2. The average Bonchev–Trinajstić information content (AvgIpc) is 3.18. The maximum absolute atomic E-state index is 12.5. The van der Waals surface area contributed by atoms with Gasteiger partial charge in [-0.15, -0.1) is 10.2 Å². The summed E-state index contributed by atoms with van der Waals surface area (Å²) in [5.74, 6) is 0.671. The van der Waals surface area contributed by atoms with Crippen molar-refractivity contribution in [2.45, 2.75) is 12.8 Å². The highest BCUT2D eigenvalue weighted by Gasteiger charge is 2.26. The van der Waals surface area contributed by atoms with Crippen molar-refractivity contribution in [2.24, 2.45) is 5.92 Å². The SMILES string of the molecule is O=C(Nc1nnc(-c2cccnc2)s1)C1CCN(c2ncccn2)CC1. The van der Waals surface area contributed by atoms with Gasteiger partial charge in [0, 0.05) is 49.4 Å². The van der Waals surface area contributed by atoms with E-state index in [-0.39, 0.29) is 11.8 Å². The molecule has 1 aliphatic rings. The molecule has 0 saturated carbocycles. The van der Waals surface area contributed by atoms with Crippen molar-refractivity contribution in [2.75, 3.05) is 23.3 Å². The Labute approximate surface area is 154 Å². The number of nitrogens with one attached hydrogen (secondary N) is 1. The van der Waals surface area contributed by atoms with E-state index in [0.717, 1.165) is 42.5 Å². The van der Waals surface area contributed by atoms with Gasteiger partial charge < -0.3 is 10.2 Å². The number of aromatic nitrogens is 5. The molecule has 0 bridgehead atoms. The Kier molecular flexibility index (Phi) is 4.78. The Morgan fingerprint density at radius 3 is 2.65 bits per heavy atom. The number of piperidine rings is 1. The molecule has 4 rings (SSSR count). The van der Waals surface area contributed by atoms with Crippen molar-refractivity contribution >= 4 is 28.3 Å². The van der Waals surface area contributed by atoms with Crippen molar-refractivity contribution < 1.29 is 4.79 Å². The van der Waals surface area contributed by atoms with Gasteiger partial charge in [0.1, 0.15) is 0 Å². The molecule has 26 heavy (non-hydrogen) atoms. The van der Waals surface area contributed by atoms with Crippen LogP contribution in [0.15, 0.2) is 43.0 Å². The van der Waals surface area contributed by atoms with Crippen LogP contribution in [0.3, 0.4) is 0 Å². The number of carbonyl (C=O) groups is 1. The van der Waals surface area contributed by atoms with Crippen molar-refractivity contribution in [3.05, 3.63) is 43.0 Å². The van der Waals surface area contributed by atoms with Gasteiger partial charge in [-0.05, 0) is 31.0 Å². The van der Waals surface area contributed by atoms with Crippen LogP contribution in [0, 0.1) is 5.92 Å². The second-order valence-corrected chi connectivity index (χ2v) is 6.93. The maximum Gasteiger partial charge on any atom is 0.229 e. The number of hydrogen-bond acceptors (Lipinski definition) is 8. The molecule has 0 radical (unpaired) electrons. The van der Waals surface area contributed by atoms with Gasteiger partial charge in [0.2, 0.25) is 17.0 Å². The van der Waals surface area contributed by atoms with Crippen molar-refractivity contribution in [3.8, 4) is 10.6 Å². The molecule has 1 saturated heterocycles. The topological polar surface area (TPSA) is 96.8 Å². The first kappa shape index (κ1) is 16.5. The van der Waals surface area contributed by atoms with E-state index in [0.29, 0.717) is 5.13 Å². The highest BCUT2D eigenvalue weighted by Crippen LogP contribution is 2.27. The summed E-state index contributed by atoms with van der Waals surface area (Å²) in [6, 6.07) is 5.56. The van der Waals surface area contributed by atoms with Crippen molar-refractivity contribution in [3.63, 3.8) is 0 Å². The first-order chi connectivity index (χ1) is 12.8. The third-order valence-electron chi connectivity index (χ3n) is 4.26. The minimum atomic E-state index is -0.0410. The Balaban J connectivity index is 1.34. The van der Waals surface area contributed by atoms with Crippen LogP contribution in [0.25, 0.3) is 10.6 Å². The number of carbonyl (C=O) groups excluding carboxylic acids is 1. The predicted molar refractivity (Wildman–Crippen MR) is 98.7 cm³/mol. The second kappa shape index (κ2) is 7.52. The fourth-order valence-corrected chi connectivity index (χ4v) is 3.62. The van der Waals surface area contributed by atoms with Gasteiger partial charge in [0.05, 0.1) is 0 Å². The number of nitrogens with zero attached hydrogens (tertiary/aromatic N) is 6. The molecule has 3 aromatic rings. The van der Waals surface area contributed by atoms with Gasteiger partial charge in [-0.2, -0.15) is 0 Å². The molecule has 132 valence electrons. The number of pyridine rings is 1. The van der Waals surface area contributed by atoms with E-state index in [9.17, 15) is 4.79 Å². The van der Waals surface area contributed by atoms with Crippen LogP contribution in [0.4, 0.5) is 11.1 Å². The number of amides is 1. The van der Waals surface area contributed by atoms with Crippen LogP contribution >= 0.6 is 11.3 Å². The summed E-state index contributed by atoms with van der Waals surface area (Å²) in [6.07, 6.45) is 8.43. The smallest absolute Gasteiger partial charge is 0.229 e. The van der Waals surface area contributed by atoms with E-state index in [1.807, 2.05) is 12.1 Å². The first-order valence-electron chi connectivity index (χ1n) is 8.36. The van der Waals surface area contributed by atoms with E-state index in [1.165, 1.54) is 11.3 Å². The molecule has 1 N–H and O–H groups in total. The molecule has 1 fully saturated rings. The number of anilines is 2. The molecule has 0 aliphatic carbocycles. The van der Waals surface area contributed by atoms with E-state index < -0.39 is 0 Å². The third kappa shape index (κ3) is 3.67. The molecule has 4 heterocycles. The van der Waals surface area contributed by atoms with Crippen LogP contribution in [0.5, 0.6) is 0 Å². The lowest BCUT2D eigenvalue weighted by Crippen LogP contribution is -2.39. The summed E-state index contributed by atoms with van der Waals surface area (Å²) in [7, 11) is 0. The van der Waals surface area contributed by atoms with E-state index in [1.54, 1.807) is 30.9 Å². The zero-order valence-corrected chi connectivity index (χ0v) is 14.8. The normalized spacial score (nSPS) is 15.0. The number of hydrogen-bond donors (Lipinski definition) is 1. The predicted octanol–water partition coefficient (Wildman–Crippen LogP) is 2.25. The molecule has 0 aromatic carbocycles. The monoisotopic (exact) mass is 367 g/mol. The van der Waals surface area contributed by atoms with Gasteiger partial charge in [0.25, 0.3) is 0 Å². The Morgan fingerprint density at radius 2 is 1.92 bits per heavy atom. The summed E-state index contributed by atoms with van der Waals surface area (Å²) in [5.41, 5.74) is 0.890. The van der Waals surface area contributed by atoms with E-state index in [2.05, 4.69) is 35.4 Å². The summed E-state index contributed by atoms with van der Waals surface area (Å²) < 4.78 is 0. The molecule has 0 atom stereocenters. The lowest BCUT2D eigenvalue weighted by molar-refractivity contribution is -0.120. The largest absolute Gasteiger partial charge is 0.341 e. The van der Waals surface area contributed by atoms with Gasteiger partial charge >= 0.3 is 0 Å². The lowest BCUT2D eigenvalue weighted by Gasteiger charge is -2.30. The summed E-state index contributed by atoms with van der Waals surface area (Å²) in [5, 5.41) is 12.3. The fraction of sp³-hybridized carbons (Fsp3) is 0.294. The summed E-state index contributed by atoms with van der Waals surface area (Å²) in [6.45, 7) is 1.53. The van der Waals surface area contributed by atoms with Crippen molar-refractivity contribution in [1.29, 1.82) is 0 Å². The van der Waals surface area contributed by atoms with Gasteiger partial charge in [-0.25, -0.2) is 9.97 Å². The Hall–Kier alpha value is -2.94. The molecular formula is C17H17N7OS. The first-order valence-corrected chi connectivity index (χ1v) is 9.18. The van der Waals surface area contributed by atoms with Gasteiger partial charge in [-0.3, -0.25) is 9.78 Å². The average molecular weight is 367 g/mol. The summed E-state index contributed by atoms with van der Waals surface area (Å²) >= 11 is 1.35. The van der Waals surface area contributed by atoms with Gasteiger partial charge in [-0.1, -0.05) is 11.3 Å². The molecular weight excluding hydrogens is 350 g/mol. The van der Waals surface area contributed by atoms with Gasteiger partial charge in [0.15, 0.2) is 5.01 Å². The zero-order chi connectivity index (χ0) is 17.8. The Bertz CT molecular complexity index is 863. The quantitative estimate of drug-likeness (QED) is 0.755. The minimum Gasteiger partial charge on any atom is -0.341 e. The maximum atomic E-state index is 12.5. The van der Waals surface area contributed by atoms with Crippen LogP contribution in [-0.2, 0) is 4.79 Å². The molecule has 0 unspecified atom stereocenters. The molecule has 1 amide bonds.